The second kappa shape index (κ2) is 5.66. The van der Waals surface area contributed by atoms with Gasteiger partial charge >= 0.3 is 5.97 Å². The molecule has 1 aliphatic carbocycles. The molecule has 2 atom stereocenters. The van der Waals surface area contributed by atoms with Gasteiger partial charge in [0.25, 0.3) is 0 Å². The van der Waals surface area contributed by atoms with Gasteiger partial charge in [0.1, 0.15) is 5.82 Å². The van der Waals surface area contributed by atoms with Crippen LogP contribution in [0.1, 0.15) is 25.1 Å². The minimum absolute atomic E-state index is 0.0368. The van der Waals surface area contributed by atoms with Crippen LogP contribution in [0.25, 0.3) is 0 Å². The number of hydrogen-bond donors (Lipinski definition) is 3. The molecule has 2 rings (SSSR count). The number of carboxylic acids is 1. The number of aromatic nitrogens is 2. The van der Waals surface area contributed by atoms with Crippen LogP contribution >= 0.6 is 0 Å². The largest absolute Gasteiger partial charge is 0.481 e. The van der Waals surface area contributed by atoms with Crippen molar-refractivity contribution in [1.29, 1.82) is 0 Å². The Balaban J connectivity index is 1.71. The fourth-order valence-electron chi connectivity index (χ4n) is 2.33. The van der Waals surface area contributed by atoms with E-state index in [1.807, 2.05) is 0 Å². The minimum Gasteiger partial charge on any atom is -0.481 e. The molecule has 3 N–H and O–H groups in total. The summed E-state index contributed by atoms with van der Waals surface area (Å²) in [6.45, 7) is 0.528. The highest BCUT2D eigenvalue weighted by Gasteiger charge is 2.33. The minimum atomic E-state index is -0.791. The second-order valence-electron chi connectivity index (χ2n) is 4.62. The van der Waals surface area contributed by atoms with Gasteiger partial charge in [-0.3, -0.25) is 9.59 Å². The third kappa shape index (κ3) is 3.09. The molecule has 1 saturated carbocycles. The first-order valence-electron chi connectivity index (χ1n) is 6.15. The van der Waals surface area contributed by atoms with E-state index >= 15 is 0 Å². The Kier molecular flexibility index (Phi) is 3.96. The molecular formula is C12H17N3O3. The normalized spacial score (nSPS) is 22.9. The zero-order valence-electron chi connectivity index (χ0n) is 10.1. The van der Waals surface area contributed by atoms with Crippen molar-refractivity contribution in [2.75, 3.05) is 6.54 Å². The van der Waals surface area contributed by atoms with Crippen LogP contribution < -0.4 is 5.32 Å². The monoisotopic (exact) mass is 251 g/mol. The molecule has 6 nitrogen and oxygen atoms in total. The number of carboxylic acid groups (broad SMARTS) is 1. The van der Waals surface area contributed by atoms with Gasteiger partial charge < -0.3 is 15.4 Å². The van der Waals surface area contributed by atoms with Gasteiger partial charge in [-0.25, -0.2) is 4.98 Å². The lowest BCUT2D eigenvalue weighted by Gasteiger charge is -2.10. The van der Waals surface area contributed by atoms with Crippen LogP contribution in [0.3, 0.4) is 0 Å². The van der Waals surface area contributed by atoms with Crippen LogP contribution in [-0.4, -0.2) is 33.5 Å². The third-order valence-electron chi connectivity index (χ3n) is 3.37. The van der Waals surface area contributed by atoms with E-state index in [0.29, 0.717) is 32.2 Å². The lowest BCUT2D eigenvalue weighted by atomic mass is 10.0. The molecule has 0 radical (unpaired) electrons. The fraction of sp³-hybridized carbons (Fsp3) is 0.583. The summed E-state index contributed by atoms with van der Waals surface area (Å²) in [5.41, 5.74) is 0. The van der Waals surface area contributed by atoms with E-state index in [-0.39, 0.29) is 17.7 Å². The van der Waals surface area contributed by atoms with Gasteiger partial charge in [0.15, 0.2) is 0 Å². The number of aromatic amines is 1. The Morgan fingerprint density at radius 1 is 1.44 bits per heavy atom. The summed E-state index contributed by atoms with van der Waals surface area (Å²) in [4.78, 5) is 29.6. The maximum absolute atomic E-state index is 11.8. The molecule has 0 bridgehead atoms. The van der Waals surface area contributed by atoms with Crippen molar-refractivity contribution in [3.05, 3.63) is 18.2 Å². The van der Waals surface area contributed by atoms with Crippen molar-refractivity contribution in [3.8, 4) is 0 Å². The van der Waals surface area contributed by atoms with E-state index in [1.54, 1.807) is 12.4 Å². The van der Waals surface area contributed by atoms with Crippen LogP contribution in [0.2, 0.25) is 0 Å². The van der Waals surface area contributed by atoms with Crippen LogP contribution in [0.4, 0.5) is 0 Å². The van der Waals surface area contributed by atoms with Crippen molar-refractivity contribution >= 4 is 11.9 Å². The first-order chi connectivity index (χ1) is 8.66. The van der Waals surface area contributed by atoms with E-state index in [9.17, 15) is 9.59 Å². The van der Waals surface area contributed by atoms with Gasteiger partial charge in [-0.2, -0.15) is 0 Å². The molecule has 1 aliphatic rings. The standard InChI is InChI=1S/C12H17N3O3/c16-11(8-1-2-9(7-8)12(17)18)15-4-3-10-13-5-6-14-10/h5-6,8-9H,1-4,7H2,(H,13,14)(H,15,16)(H,17,18). The number of rotatable bonds is 5. The number of aliphatic carboxylic acids is 1. The number of amides is 1. The van der Waals surface area contributed by atoms with Gasteiger partial charge in [0.05, 0.1) is 5.92 Å². The van der Waals surface area contributed by atoms with E-state index in [2.05, 4.69) is 15.3 Å². The summed E-state index contributed by atoms with van der Waals surface area (Å²) < 4.78 is 0. The van der Waals surface area contributed by atoms with Crippen molar-refractivity contribution in [2.45, 2.75) is 25.7 Å². The van der Waals surface area contributed by atoms with E-state index < -0.39 is 5.97 Å². The number of nitrogens with one attached hydrogen (secondary N) is 2. The number of nitrogens with zero attached hydrogens (tertiary/aromatic N) is 1. The van der Waals surface area contributed by atoms with Crippen LogP contribution in [0.5, 0.6) is 0 Å². The second-order valence-corrected chi connectivity index (χ2v) is 4.62. The molecule has 2 unspecified atom stereocenters. The van der Waals surface area contributed by atoms with Crippen LogP contribution in [0.15, 0.2) is 12.4 Å². The number of H-pyrrole nitrogens is 1. The molecule has 1 aromatic rings. The summed E-state index contributed by atoms with van der Waals surface area (Å²) in [6, 6.07) is 0. The summed E-state index contributed by atoms with van der Waals surface area (Å²) in [5, 5.41) is 11.7. The zero-order chi connectivity index (χ0) is 13.0. The van der Waals surface area contributed by atoms with Gasteiger partial charge in [0.2, 0.25) is 5.91 Å². The Bertz CT molecular complexity index is 416. The molecule has 6 heteroatoms. The van der Waals surface area contributed by atoms with Gasteiger partial charge in [-0.1, -0.05) is 0 Å². The van der Waals surface area contributed by atoms with Crippen molar-refractivity contribution < 1.29 is 14.7 Å². The molecule has 98 valence electrons. The van der Waals surface area contributed by atoms with E-state index in [4.69, 9.17) is 5.11 Å². The van der Waals surface area contributed by atoms with Crippen molar-refractivity contribution in [1.82, 2.24) is 15.3 Å². The molecular weight excluding hydrogens is 234 g/mol. The summed E-state index contributed by atoms with van der Waals surface area (Å²) in [5.74, 6) is -0.496. The highest BCUT2D eigenvalue weighted by molar-refractivity contribution is 5.80. The number of carbonyl (C=O) groups excluding carboxylic acids is 1. The van der Waals surface area contributed by atoms with Gasteiger partial charge in [-0.15, -0.1) is 0 Å². The molecule has 18 heavy (non-hydrogen) atoms. The van der Waals surface area contributed by atoms with Crippen molar-refractivity contribution in [3.63, 3.8) is 0 Å². The maximum Gasteiger partial charge on any atom is 0.306 e. The molecule has 1 fully saturated rings. The Labute approximate surface area is 105 Å². The van der Waals surface area contributed by atoms with E-state index in [1.165, 1.54) is 0 Å². The molecule has 0 aliphatic heterocycles. The smallest absolute Gasteiger partial charge is 0.306 e. The average Bonchev–Trinajstić information content (AvgIpc) is 2.99. The van der Waals surface area contributed by atoms with Crippen LogP contribution in [0, 0.1) is 11.8 Å². The number of hydrogen-bond acceptors (Lipinski definition) is 3. The van der Waals surface area contributed by atoms with Gasteiger partial charge in [0, 0.05) is 31.3 Å². The highest BCUT2D eigenvalue weighted by atomic mass is 16.4. The SMILES string of the molecule is O=C(O)C1CCC(C(=O)NCCc2ncc[nH]2)C1. The lowest BCUT2D eigenvalue weighted by molar-refractivity contribution is -0.141. The number of carbonyl (C=O) groups is 2. The molecule has 0 aromatic carbocycles. The third-order valence-corrected chi connectivity index (χ3v) is 3.37. The first-order valence-corrected chi connectivity index (χ1v) is 6.15. The fourth-order valence-corrected chi connectivity index (χ4v) is 2.33. The van der Waals surface area contributed by atoms with Gasteiger partial charge in [-0.05, 0) is 19.3 Å². The van der Waals surface area contributed by atoms with E-state index in [0.717, 1.165) is 5.82 Å². The predicted molar refractivity (Wildman–Crippen MR) is 63.8 cm³/mol. The van der Waals surface area contributed by atoms with Crippen molar-refractivity contribution in [2.24, 2.45) is 11.8 Å². The molecule has 1 amide bonds. The predicted octanol–water partition coefficient (Wildman–Crippen LogP) is 0.569. The average molecular weight is 251 g/mol. The Morgan fingerprint density at radius 2 is 2.22 bits per heavy atom. The molecule has 0 saturated heterocycles. The number of imidazole rings is 1. The molecule has 0 spiro atoms. The topological polar surface area (TPSA) is 95.1 Å². The zero-order valence-corrected chi connectivity index (χ0v) is 10.1. The lowest BCUT2D eigenvalue weighted by Crippen LogP contribution is -2.31. The van der Waals surface area contributed by atoms with Crippen LogP contribution in [-0.2, 0) is 16.0 Å². The Hall–Kier alpha value is -1.85. The summed E-state index contributed by atoms with van der Waals surface area (Å²) in [6.07, 6.45) is 5.81. The maximum atomic E-state index is 11.8. The quantitative estimate of drug-likeness (QED) is 0.713. The molecule has 1 aromatic heterocycles. The molecule has 1 heterocycles. The summed E-state index contributed by atoms with van der Waals surface area (Å²) in [7, 11) is 0. The highest BCUT2D eigenvalue weighted by Crippen LogP contribution is 2.30. The Morgan fingerprint density at radius 3 is 2.83 bits per heavy atom. The summed E-state index contributed by atoms with van der Waals surface area (Å²) >= 11 is 0. The first kappa shape index (κ1) is 12.6.